The lowest BCUT2D eigenvalue weighted by molar-refractivity contribution is -0.116. The van der Waals surface area contributed by atoms with Gasteiger partial charge in [0.2, 0.25) is 5.91 Å². The lowest BCUT2D eigenvalue weighted by Gasteiger charge is -2.22. The molecular formula is C14H18N2O3S2. The highest BCUT2D eigenvalue weighted by atomic mass is 32.2. The van der Waals surface area contributed by atoms with Crippen LogP contribution in [0.15, 0.2) is 18.2 Å². The SMILES string of the molecule is Cc1cccc(NC(=O)C2CCCCS2(=O)=O)c1C(N)=S. The molecule has 0 bridgehead atoms. The predicted octanol–water partition coefficient (Wildman–Crippen LogP) is 1.54. The third-order valence-corrected chi connectivity index (χ3v) is 6.03. The number of aryl methyl sites for hydroxylation is 1. The minimum atomic E-state index is -3.36. The average molecular weight is 326 g/mol. The van der Waals surface area contributed by atoms with Crippen LogP contribution in [0.1, 0.15) is 30.4 Å². The molecule has 1 amide bonds. The van der Waals surface area contributed by atoms with Crippen molar-refractivity contribution in [2.45, 2.75) is 31.4 Å². The molecule has 1 aliphatic rings. The second-order valence-corrected chi connectivity index (χ2v) is 7.95. The second-order valence-electron chi connectivity index (χ2n) is 5.20. The Kier molecular flexibility index (Phi) is 4.63. The minimum Gasteiger partial charge on any atom is -0.389 e. The lowest BCUT2D eigenvalue weighted by Crippen LogP contribution is -2.39. The topological polar surface area (TPSA) is 89.3 Å². The van der Waals surface area contributed by atoms with Crippen LogP contribution in [0.2, 0.25) is 0 Å². The van der Waals surface area contributed by atoms with Crippen molar-refractivity contribution in [1.29, 1.82) is 0 Å². The Balaban J connectivity index is 2.28. The van der Waals surface area contributed by atoms with Gasteiger partial charge in [-0.1, -0.05) is 30.8 Å². The van der Waals surface area contributed by atoms with E-state index in [0.29, 0.717) is 24.1 Å². The summed E-state index contributed by atoms with van der Waals surface area (Å²) in [5.41, 5.74) is 7.57. The van der Waals surface area contributed by atoms with E-state index in [2.05, 4.69) is 5.32 Å². The van der Waals surface area contributed by atoms with Gasteiger partial charge in [-0.15, -0.1) is 0 Å². The maximum Gasteiger partial charge on any atom is 0.242 e. The molecule has 1 atom stereocenters. The van der Waals surface area contributed by atoms with Crippen LogP contribution in [-0.2, 0) is 14.6 Å². The molecule has 1 aliphatic heterocycles. The van der Waals surface area contributed by atoms with Crippen LogP contribution in [-0.4, -0.2) is 30.3 Å². The summed E-state index contributed by atoms with van der Waals surface area (Å²) in [6.45, 7) is 1.83. The van der Waals surface area contributed by atoms with Gasteiger partial charge in [-0.3, -0.25) is 4.79 Å². The zero-order valence-corrected chi connectivity index (χ0v) is 13.4. The number of anilines is 1. The summed E-state index contributed by atoms with van der Waals surface area (Å²) in [5.74, 6) is -0.432. The lowest BCUT2D eigenvalue weighted by atomic mass is 10.1. The molecule has 0 radical (unpaired) electrons. The number of hydrogen-bond acceptors (Lipinski definition) is 4. The number of thiocarbonyl (C=S) groups is 1. The molecule has 3 N–H and O–H groups in total. The summed E-state index contributed by atoms with van der Waals surface area (Å²) in [6, 6.07) is 5.28. The molecule has 114 valence electrons. The number of amides is 1. The smallest absolute Gasteiger partial charge is 0.242 e. The maximum atomic E-state index is 12.3. The van der Waals surface area contributed by atoms with Crippen molar-refractivity contribution in [2.24, 2.45) is 5.73 Å². The average Bonchev–Trinajstić information content (AvgIpc) is 2.37. The minimum absolute atomic E-state index is 0.0705. The van der Waals surface area contributed by atoms with E-state index in [0.717, 1.165) is 12.0 Å². The maximum absolute atomic E-state index is 12.3. The number of benzene rings is 1. The van der Waals surface area contributed by atoms with E-state index in [-0.39, 0.29) is 10.7 Å². The van der Waals surface area contributed by atoms with Gasteiger partial charge in [-0.2, -0.15) is 0 Å². The highest BCUT2D eigenvalue weighted by Gasteiger charge is 2.35. The van der Waals surface area contributed by atoms with Crippen LogP contribution in [0, 0.1) is 6.92 Å². The molecule has 0 aliphatic carbocycles. The van der Waals surface area contributed by atoms with Crippen LogP contribution in [0.4, 0.5) is 5.69 Å². The molecule has 2 rings (SSSR count). The Morgan fingerprint density at radius 2 is 2.10 bits per heavy atom. The Morgan fingerprint density at radius 1 is 1.38 bits per heavy atom. The molecule has 21 heavy (non-hydrogen) atoms. The van der Waals surface area contributed by atoms with Gasteiger partial charge in [0.25, 0.3) is 0 Å². The van der Waals surface area contributed by atoms with Gasteiger partial charge in [0.05, 0.1) is 11.4 Å². The van der Waals surface area contributed by atoms with E-state index < -0.39 is 21.0 Å². The predicted molar refractivity (Wildman–Crippen MR) is 87.1 cm³/mol. The van der Waals surface area contributed by atoms with Crippen molar-refractivity contribution in [3.63, 3.8) is 0 Å². The van der Waals surface area contributed by atoms with E-state index in [4.69, 9.17) is 18.0 Å². The van der Waals surface area contributed by atoms with Crippen molar-refractivity contribution < 1.29 is 13.2 Å². The van der Waals surface area contributed by atoms with Crippen molar-refractivity contribution in [2.75, 3.05) is 11.1 Å². The first-order chi connectivity index (χ1) is 9.83. The van der Waals surface area contributed by atoms with Crippen molar-refractivity contribution in [3.8, 4) is 0 Å². The number of rotatable bonds is 3. The Labute approximate surface area is 129 Å². The summed E-state index contributed by atoms with van der Waals surface area (Å²) < 4.78 is 24.0. The number of carbonyl (C=O) groups excluding carboxylic acids is 1. The van der Waals surface area contributed by atoms with Gasteiger partial charge >= 0.3 is 0 Å². The molecule has 7 heteroatoms. The van der Waals surface area contributed by atoms with E-state index in [1.54, 1.807) is 12.1 Å². The zero-order valence-electron chi connectivity index (χ0n) is 11.8. The fraction of sp³-hybridized carbons (Fsp3) is 0.429. The quantitative estimate of drug-likeness (QED) is 0.822. The Bertz CT molecular complexity index is 683. The summed E-state index contributed by atoms with van der Waals surface area (Å²) in [4.78, 5) is 12.5. The van der Waals surface area contributed by atoms with Crippen molar-refractivity contribution >= 4 is 38.6 Å². The van der Waals surface area contributed by atoms with E-state index in [9.17, 15) is 13.2 Å². The first-order valence-corrected chi connectivity index (χ1v) is 8.87. The van der Waals surface area contributed by atoms with E-state index >= 15 is 0 Å². The first kappa shape index (κ1) is 15.9. The Hall–Kier alpha value is -1.47. The number of nitrogens with two attached hydrogens (primary N) is 1. The zero-order chi connectivity index (χ0) is 15.6. The van der Waals surface area contributed by atoms with Crippen LogP contribution in [0.5, 0.6) is 0 Å². The molecule has 1 aromatic rings. The summed E-state index contributed by atoms with van der Waals surface area (Å²) in [7, 11) is -3.36. The standard InChI is InChI=1S/C14H18N2O3S2/c1-9-5-4-6-10(12(9)13(15)20)16-14(17)11-7-2-3-8-21(11,18)19/h4-6,11H,2-3,7-8H2,1H3,(H2,15,20)(H,16,17). The fourth-order valence-corrected chi connectivity index (χ4v) is 4.63. The molecule has 0 saturated carbocycles. The number of nitrogens with one attached hydrogen (secondary N) is 1. The summed E-state index contributed by atoms with van der Waals surface area (Å²) in [5, 5.41) is 1.69. The number of hydrogen-bond donors (Lipinski definition) is 2. The van der Waals surface area contributed by atoms with Gasteiger partial charge in [-0.05, 0) is 31.4 Å². The molecule has 1 saturated heterocycles. The van der Waals surface area contributed by atoms with Crippen LogP contribution >= 0.6 is 12.2 Å². The molecule has 1 aromatic carbocycles. The fourth-order valence-electron chi connectivity index (χ4n) is 2.56. The van der Waals surface area contributed by atoms with Crippen LogP contribution in [0.25, 0.3) is 0 Å². The third kappa shape index (κ3) is 3.41. The number of sulfone groups is 1. The largest absolute Gasteiger partial charge is 0.389 e. The molecule has 5 nitrogen and oxygen atoms in total. The molecule has 0 spiro atoms. The number of carbonyl (C=O) groups is 1. The summed E-state index contributed by atoms with van der Waals surface area (Å²) in [6.07, 6.45) is 1.73. The third-order valence-electron chi connectivity index (χ3n) is 3.65. The van der Waals surface area contributed by atoms with Gasteiger partial charge in [0.15, 0.2) is 9.84 Å². The highest BCUT2D eigenvalue weighted by molar-refractivity contribution is 7.92. The highest BCUT2D eigenvalue weighted by Crippen LogP contribution is 2.24. The van der Waals surface area contributed by atoms with Gasteiger partial charge in [0, 0.05) is 5.56 Å². The van der Waals surface area contributed by atoms with E-state index in [1.807, 2.05) is 13.0 Å². The van der Waals surface area contributed by atoms with Gasteiger partial charge < -0.3 is 11.1 Å². The van der Waals surface area contributed by atoms with Gasteiger partial charge in [-0.25, -0.2) is 8.42 Å². The molecule has 0 aromatic heterocycles. The normalized spacial score (nSPS) is 20.7. The molecule has 1 unspecified atom stereocenters. The van der Waals surface area contributed by atoms with E-state index in [1.165, 1.54) is 0 Å². The Morgan fingerprint density at radius 3 is 2.71 bits per heavy atom. The second kappa shape index (κ2) is 6.11. The first-order valence-electron chi connectivity index (χ1n) is 6.75. The molecule has 1 fully saturated rings. The van der Waals surface area contributed by atoms with Crippen molar-refractivity contribution in [1.82, 2.24) is 0 Å². The molecular weight excluding hydrogens is 308 g/mol. The summed E-state index contributed by atoms with van der Waals surface area (Å²) >= 11 is 5.00. The van der Waals surface area contributed by atoms with Crippen molar-refractivity contribution in [3.05, 3.63) is 29.3 Å². The van der Waals surface area contributed by atoms with Crippen LogP contribution in [0.3, 0.4) is 0 Å². The van der Waals surface area contributed by atoms with Crippen LogP contribution < -0.4 is 11.1 Å². The monoisotopic (exact) mass is 326 g/mol. The molecule has 1 heterocycles. The van der Waals surface area contributed by atoms with Gasteiger partial charge in [0.1, 0.15) is 10.2 Å².